The van der Waals surface area contributed by atoms with Crippen molar-refractivity contribution < 1.29 is 14.4 Å². The zero-order valence-corrected chi connectivity index (χ0v) is 25.9. The molecule has 0 radical (unpaired) electrons. The van der Waals surface area contributed by atoms with Gasteiger partial charge in [-0.1, -0.05) is 29.8 Å². The number of rotatable bonds is 9. The van der Waals surface area contributed by atoms with Crippen LogP contribution in [0, 0.1) is 10.1 Å². The molecule has 9 nitrogen and oxygen atoms in total. The molecule has 0 fully saturated rings. The molecule has 0 aliphatic heterocycles. The number of hydrogen-bond donors (Lipinski definition) is 0. The number of ether oxygens (including phenoxy) is 2. The average molecular weight is 723 g/mol. The van der Waals surface area contributed by atoms with E-state index in [-0.39, 0.29) is 23.8 Å². The Labute approximate surface area is 249 Å². The van der Waals surface area contributed by atoms with Gasteiger partial charge in [0.1, 0.15) is 12.4 Å². The lowest BCUT2D eigenvalue weighted by Crippen LogP contribution is -2.23. The Morgan fingerprint density at radius 1 is 1.08 bits per heavy atom. The molecule has 0 aliphatic rings. The van der Waals surface area contributed by atoms with Crippen molar-refractivity contribution in [3.63, 3.8) is 0 Å². The van der Waals surface area contributed by atoms with Crippen LogP contribution in [0.3, 0.4) is 0 Å². The highest BCUT2D eigenvalue weighted by Gasteiger charge is 2.19. The third-order valence-corrected chi connectivity index (χ3v) is 8.28. The molecule has 0 bridgehead atoms. The fraction of sp³-hybridized carbons (Fsp3) is 0.222. The van der Waals surface area contributed by atoms with Gasteiger partial charge >= 0.3 is 0 Å². The summed E-state index contributed by atoms with van der Waals surface area (Å²) >= 11 is 10.6. The van der Waals surface area contributed by atoms with Crippen LogP contribution in [-0.2, 0) is 6.61 Å². The van der Waals surface area contributed by atoms with Gasteiger partial charge < -0.3 is 9.47 Å². The number of halogens is 3. The van der Waals surface area contributed by atoms with Crippen molar-refractivity contribution in [2.45, 2.75) is 33.3 Å². The molecular weight excluding hydrogens is 700 g/mol. The minimum atomic E-state index is -0.447. The number of benzene rings is 3. The van der Waals surface area contributed by atoms with Crippen LogP contribution in [0.5, 0.6) is 11.5 Å². The van der Waals surface area contributed by atoms with Crippen molar-refractivity contribution in [1.82, 2.24) is 9.66 Å². The van der Waals surface area contributed by atoms with Gasteiger partial charge in [-0.3, -0.25) is 14.9 Å². The Bertz CT molecular complexity index is 1640. The van der Waals surface area contributed by atoms with Crippen molar-refractivity contribution in [2.24, 2.45) is 5.10 Å². The molecule has 39 heavy (non-hydrogen) atoms. The summed E-state index contributed by atoms with van der Waals surface area (Å²) < 4.78 is 15.2. The molecule has 0 amide bonds. The molecule has 0 saturated carbocycles. The fourth-order valence-electron chi connectivity index (χ4n) is 3.74. The maximum atomic E-state index is 13.4. The molecule has 12 heteroatoms. The van der Waals surface area contributed by atoms with Crippen LogP contribution in [0.4, 0.5) is 5.69 Å². The van der Waals surface area contributed by atoms with Crippen molar-refractivity contribution in [3.8, 4) is 11.5 Å². The number of nitrogens with zero attached hydrogens (tertiary/aromatic N) is 4. The maximum absolute atomic E-state index is 13.4. The first-order valence-corrected chi connectivity index (χ1v) is 14.3. The average Bonchev–Trinajstić information content (AvgIpc) is 2.91. The molecule has 0 aliphatic carbocycles. The molecule has 4 aromatic rings. The van der Waals surface area contributed by atoms with Gasteiger partial charge in [0.2, 0.25) is 0 Å². The summed E-state index contributed by atoms with van der Waals surface area (Å²) in [6, 6.07) is 13.3. The molecule has 1 aromatic heterocycles. The van der Waals surface area contributed by atoms with Gasteiger partial charge in [0.25, 0.3) is 11.2 Å². The molecular formula is C27H23Br3N4O5. The Morgan fingerprint density at radius 2 is 1.79 bits per heavy atom. The smallest absolute Gasteiger partial charge is 0.282 e. The zero-order chi connectivity index (χ0) is 28.3. The van der Waals surface area contributed by atoms with E-state index in [0.717, 1.165) is 10.0 Å². The number of non-ortho nitro benzene ring substituents is 1. The van der Waals surface area contributed by atoms with Crippen LogP contribution in [0.1, 0.15) is 43.6 Å². The van der Waals surface area contributed by atoms with Crippen molar-refractivity contribution in [3.05, 3.63) is 99.4 Å². The lowest BCUT2D eigenvalue weighted by Gasteiger charge is -2.16. The van der Waals surface area contributed by atoms with E-state index in [1.54, 1.807) is 36.5 Å². The van der Waals surface area contributed by atoms with E-state index in [4.69, 9.17) is 9.47 Å². The fourth-order valence-corrected chi connectivity index (χ4v) is 5.03. The second-order valence-corrected chi connectivity index (χ2v) is 11.2. The lowest BCUT2D eigenvalue weighted by molar-refractivity contribution is -0.384. The second-order valence-electron chi connectivity index (χ2n) is 8.71. The topological polar surface area (TPSA) is 109 Å². The van der Waals surface area contributed by atoms with E-state index in [2.05, 4.69) is 57.9 Å². The van der Waals surface area contributed by atoms with Crippen molar-refractivity contribution in [2.75, 3.05) is 6.61 Å². The van der Waals surface area contributed by atoms with Crippen LogP contribution in [0.15, 0.2) is 71.8 Å². The summed E-state index contributed by atoms with van der Waals surface area (Å²) in [5.74, 6) is 1.41. The zero-order valence-electron chi connectivity index (χ0n) is 21.2. The standard InChI is InChI=1S/C27H23Br3N4O5/c1-4-38-22-11-17(23(29)24(30)25(22)39-14-16-5-8-19(9-6-16)34(36)37)13-31-33-26(15(2)3)32-21-10-7-18(28)12-20(21)27(33)35/h5-13,15H,4,14H2,1-3H3. The van der Waals surface area contributed by atoms with Crippen LogP contribution in [-0.4, -0.2) is 27.4 Å². The van der Waals surface area contributed by atoms with E-state index >= 15 is 0 Å². The minimum absolute atomic E-state index is 0.00954. The van der Waals surface area contributed by atoms with Gasteiger partial charge in [0.05, 0.1) is 33.1 Å². The summed E-state index contributed by atoms with van der Waals surface area (Å²) in [4.78, 5) is 28.5. The summed E-state index contributed by atoms with van der Waals surface area (Å²) in [6.07, 6.45) is 1.57. The van der Waals surface area contributed by atoms with Crippen LogP contribution in [0.2, 0.25) is 0 Å². The molecule has 0 atom stereocenters. The number of nitro benzene ring substituents is 1. The molecule has 3 aromatic carbocycles. The van der Waals surface area contributed by atoms with Crippen LogP contribution in [0.25, 0.3) is 10.9 Å². The normalized spacial score (nSPS) is 11.5. The minimum Gasteiger partial charge on any atom is -0.490 e. The first kappa shape index (κ1) is 28.9. The molecule has 0 N–H and O–H groups in total. The van der Waals surface area contributed by atoms with E-state index in [0.29, 0.717) is 49.3 Å². The molecule has 202 valence electrons. The first-order chi connectivity index (χ1) is 18.6. The summed E-state index contributed by atoms with van der Waals surface area (Å²) in [5, 5.41) is 15.9. The molecule has 4 rings (SSSR count). The molecule has 0 unspecified atom stereocenters. The molecule has 0 saturated heterocycles. The predicted molar refractivity (Wildman–Crippen MR) is 161 cm³/mol. The number of fused-ring (bicyclic) bond motifs is 1. The van der Waals surface area contributed by atoms with E-state index < -0.39 is 4.92 Å². The van der Waals surface area contributed by atoms with Gasteiger partial charge in [-0.05, 0) is 80.7 Å². The van der Waals surface area contributed by atoms with Gasteiger partial charge in [-0.25, -0.2) is 4.98 Å². The predicted octanol–water partition coefficient (Wildman–Crippen LogP) is 7.58. The third-order valence-electron chi connectivity index (χ3n) is 5.65. The summed E-state index contributed by atoms with van der Waals surface area (Å²) in [7, 11) is 0. The lowest BCUT2D eigenvalue weighted by atomic mass is 10.2. The number of nitro groups is 1. The van der Waals surface area contributed by atoms with E-state index in [1.165, 1.54) is 16.8 Å². The highest BCUT2D eigenvalue weighted by molar-refractivity contribution is 9.13. The van der Waals surface area contributed by atoms with E-state index in [1.807, 2.05) is 26.8 Å². The monoisotopic (exact) mass is 720 g/mol. The number of aromatic nitrogens is 2. The Morgan fingerprint density at radius 3 is 2.44 bits per heavy atom. The highest BCUT2D eigenvalue weighted by Crippen LogP contribution is 2.43. The largest absolute Gasteiger partial charge is 0.490 e. The SMILES string of the molecule is CCOc1cc(C=Nn2c(C(C)C)nc3ccc(Br)cc3c2=O)c(Br)c(Br)c1OCc1ccc([N+](=O)[O-])cc1. The van der Waals surface area contributed by atoms with Gasteiger partial charge in [-0.15, -0.1) is 0 Å². The first-order valence-electron chi connectivity index (χ1n) is 11.9. The van der Waals surface area contributed by atoms with Gasteiger partial charge in [0, 0.05) is 32.6 Å². The van der Waals surface area contributed by atoms with Gasteiger partial charge in [-0.2, -0.15) is 9.78 Å². The van der Waals surface area contributed by atoms with Crippen molar-refractivity contribution >= 4 is 70.6 Å². The second kappa shape index (κ2) is 12.4. The maximum Gasteiger partial charge on any atom is 0.282 e. The van der Waals surface area contributed by atoms with E-state index in [9.17, 15) is 14.9 Å². The number of hydrogen-bond acceptors (Lipinski definition) is 7. The van der Waals surface area contributed by atoms with Crippen LogP contribution >= 0.6 is 47.8 Å². The van der Waals surface area contributed by atoms with Gasteiger partial charge in [0.15, 0.2) is 11.5 Å². The molecule has 0 spiro atoms. The Kier molecular flexibility index (Phi) is 9.19. The Hall–Kier alpha value is -3.09. The quantitative estimate of drug-likeness (QED) is 0.100. The molecule has 1 heterocycles. The Balaban J connectivity index is 1.71. The summed E-state index contributed by atoms with van der Waals surface area (Å²) in [6.45, 7) is 6.32. The highest BCUT2D eigenvalue weighted by atomic mass is 79.9. The van der Waals surface area contributed by atoms with Crippen molar-refractivity contribution in [1.29, 1.82) is 0 Å². The third kappa shape index (κ3) is 6.39. The summed E-state index contributed by atoms with van der Waals surface area (Å²) in [5.41, 5.74) is 1.74. The van der Waals surface area contributed by atoms with Crippen LogP contribution < -0.4 is 15.0 Å².